The first-order valence-electron chi connectivity index (χ1n) is 10.2. The van der Waals surface area contributed by atoms with Gasteiger partial charge in [0, 0.05) is 17.7 Å². The number of nitrogens with zero attached hydrogens (tertiary/aromatic N) is 1. The molecular weight excluding hydrogens is 404 g/mol. The van der Waals surface area contributed by atoms with Crippen molar-refractivity contribution in [2.24, 2.45) is 0 Å². The lowest BCUT2D eigenvalue weighted by Gasteiger charge is -2.29. The van der Waals surface area contributed by atoms with E-state index in [2.05, 4.69) is 16.3 Å². The minimum Gasteiger partial charge on any atom is -0.496 e. The summed E-state index contributed by atoms with van der Waals surface area (Å²) in [6.07, 6.45) is 2.32. The van der Waals surface area contributed by atoms with Crippen molar-refractivity contribution in [3.05, 3.63) is 52.5 Å². The number of amides is 1. The summed E-state index contributed by atoms with van der Waals surface area (Å²) in [7, 11) is 3.20. The number of benzene rings is 2. The van der Waals surface area contributed by atoms with E-state index in [-0.39, 0.29) is 11.9 Å². The number of carbonyl (C=O) groups is 1. The van der Waals surface area contributed by atoms with E-state index < -0.39 is 0 Å². The Kier molecular flexibility index (Phi) is 7.82. The van der Waals surface area contributed by atoms with Crippen LogP contribution >= 0.6 is 11.6 Å². The van der Waals surface area contributed by atoms with Gasteiger partial charge in [-0.2, -0.15) is 0 Å². The lowest BCUT2D eigenvalue weighted by atomic mass is 10.0. The van der Waals surface area contributed by atoms with E-state index in [0.29, 0.717) is 35.2 Å². The van der Waals surface area contributed by atoms with Gasteiger partial charge in [-0.05, 0) is 51.1 Å². The number of para-hydroxylation sites is 1. The lowest BCUT2D eigenvalue weighted by Crippen LogP contribution is -2.37. The van der Waals surface area contributed by atoms with Gasteiger partial charge in [-0.1, -0.05) is 29.8 Å². The average molecular weight is 433 g/mol. The number of likely N-dealkylation sites (tertiary alicyclic amines) is 1. The van der Waals surface area contributed by atoms with Crippen LogP contribution in [0.25, 0.3) is 0 Å². The van der Waals surface area contributed by atoms with Crippen LogP contribution in [0.3, 0.4) is 0 Å². The molecule has 1 saturated heterocycles. The van der Waals surface area contributed by atoms with Crippen LogP contribution in [-0.4, -0.2) is 51.3 Å². The Morgan fingerprint density at radius 3 is 2.50 bits per heavy atom. The summed E-state index contributed by atoms with van der Waals surface area (Å²) in [5, 5.41) is 3.41. The van der Waals surface area contributed by atoms with Crippen LogP contribution in [0.4, 0.5) is 0 Å². The highest BCUT2D eigenvalue weighted by Crippen LogP contribution is 2.36. The Hall–Kier alpha value is -2.44. The zero-order chi connectivity index (χ0) is 21.5. The maximum atomic E-state index is 12.9. The third-order valence-electron chi connectivity index (χ3n) is 5.32. The van der Waals surface area contributed by atoms with Gasteiger partial charge in [0.1, 0.15) is 5.75 Å². The van der Waals surface area contributed by atoms with Gasteiger partial charge in [0.25, 0.3) is 5.91 Å². The summed E-state index contributed by atoms with van der Waals surface area (Å²) < 4.78 is 16.5. The van der Waals surface area contributed by atoms with Gasteiger partial charge >= 0.3 is 0 Å². The summed E-state index contributed by atoms with van der Waals surface area (Å²) in [4.78, 5) is 15.3. The molecule has 1 aliphatic heterocycles. The Morgan fingerprint density at radius 1 is 1.13 bits per heavy atom. The lowest BCUT2D eigenvalue weighted by molar-refractivity contribution is 0.0937. The second-order valence-corrected chi connectivity index (χ2v) is 7.54. The van der Waals surface area contributed by atoms with Crippen molar-refractivity contribution in [3.8, 4) is 17.2 Å². The largest absolute Gasteiger partial charge is 0.496 e. The van der Waals surface area contributed by atoms with Crippen molar-refractivity contribution in [2.45, 2.75) is 25.8 Å². The fourth-order valence-corrected chi connectivity index (χ4v) is 4.12. The highest BCUT2D eigenvalue weighted by atomic mass is 35.5. The van der Waals surface area contributed by atoms with Crippen molar-refractivity contribution in [1.82, 2.24) is 10.2 Å². The number of carbonyl (C=O) groups excluding carboxylic acids is 1. The number of rotatable bonds is 9. The van der Waals surface area contributed by atoms with Gasteiger partial charge in [-0.3, -0.25) is 9.69 Å². The molecule has 0 radical (unpaired) electrons. The van der Waals surface area contributed by atoms with Gasteiger partial charge < -0.3 is 19.5 Å². The molecular formula is C23H29ClN2O4. The normalized spacial score (nSPS) is 14.9. The summed E-state index contributed by atoms with van der Waals surface area (Å²) in [6.45, 7) is 4.79. The maximum absolute atomic E-state index is 12.9. The van der Waals surface area contributed by atoms with Crippen LogP contribution in [0.1, 0.15) is 41.7 Å². The molecule has 1 atom stereocenters. The molecule has 1 amide bonds. The molecule has 3 rings (SSSR count). The van der Waals surface area contributed by atoms with Crippen molar-refractivity contribution in [3.63, 3.8) is 0 Å². The van der Waals surface area contributed by atoms with Crippen molar-refractivity contribution in [2.75, 3.05) is 40.5 Å². The average Bonchev–Trinajstić information content (AvgIpc) is 3.30. The van der Waals surface area contributed by atoms with Gasteiger partial charge in [0.05, 0.1) is 31.9 Å². The highest BCUT2D eigenvalue weighted by molar-refractivity contribution is 6.32. The molecule has 0 aliphatic carbocycles. The van der Waals surface area contributed by atoms with E-state index >= 15 is 0 Å². The molecule has 0 bridgehead atoms. The van der Waals surface area contributed by atoms with Gasteiger partial charge in [0.2, 0.25) is 0 Å². The van der Waals surface area contributed by atoms with E-state index in [1.54, 1.807) is 19.2 Å². The topological polar surface area (TPSA) is 60.0 Å². The molecule has 7 heteroatoms. The standard InChI is InChI=1S/C23H29ClN2O4/c1-4-30-22-18(24)13-16(14-21(22)29-3)23(27)25-15-19(26-11-7-8-12-26)17-9-5-6-10-20(17)28-2/h5-6,9-10,13-14,19H,4,7-8,11-12,15H2,1-3H3,(H,25,27). The molecule has 2 aromatic rings. The van der Waals surface area contributed by atoms with E-state index in [1.807, 2.05) is 25.1 Å². The number of halogens is 1. The number of methoxy groups -OCH3 is 2. The monoisotopic (exact) mass is 432 g/mol. The van der Waals surface area contributed by atoms with Crippen LogP contribution in [0.15, 0.2) is 36.4 Å². The molecule has 162 valence electrons. The van der Waals surface area contributed by atoms with Gasteiger partial charge in [-0.25, -0.2) is 0 Å². The SMILES string of the molecule is CCOc1c(Cl)cc(C(=O)NCC(c2ccccc2OC)N2CCCC2)cc1OC. The van der Waals surface area contributed by atoms with Crippen LogP contribution in [0.5, 0.6) is 17.2 Å². The molecule has 0 saturated carbocycles. The minimum absolute atomic E-state index is 0.0349. The fraction of sp³-hybridized carbons (Fsp3) is 0.435. The van der Waals surface area contributed by atoms with Gasteiger partial charge in [-0.15, -0.1) is 0 Å². The van der Waals surface area contributed by atoms with E-state index in [9.17, 15) is 4.79 Å². The molecule has 1 unspecified atom stereocenters. The van der Waals surface area contributed by atoms with Crippen molar-refractivity contribution in [1.29, 1.82) is 0 Å². The molecule has 0 spiro atoms. The maximum Gasteiger partial charge on any atom is 0.251 e. The third kappa shape index (κ3) is 4.99. The summed E-state index contributed by atoms with van der Waals surface area (Å²) in [6, 6.07) is 11.3. The molecule has 0 aromatic heterocycles. The van der Waals surface area contributed by atoms with E-state index in [1.165, 1.54) is 7.11 Å². The summed E-state index contributed by atoms with van der Waals surface area (Å²) in [5.41, 5.74) is 1.50. The number of hydrogen-bond acceptors (Lipinski definition) is 5. The van der Waals surface area contributed by atoms with Gasteiger partial charge in [0.15, 0.2) is 11.5 Å². The Balaban J connectivity index is 1.80. The molecule has 2 aromatic carbocycles. The number of nitrogens with one attached hydrogen (secondary N) is 1. The second-order valence-electron chi connectivity index (χ2n) is 7.13. The summed E-state index contributed by atoms with van der Waals surface area (Å²) >= 11 is 6.33. The van der Waals surface area contributed by atoms with Crippen LogP contribution in [-0.2, 0) is 0 Å². The molecule has 6 nitrogen and oxygen atoms in total. The number of hydrogen-bond donors (Lipinski definition) is 1. The quantitative estimate of drug-likeness (QED) is 0.639. The second kappa shape index (κ2) is 10.5. The first-order valence-corrected chi connectivity index (χ1v) is 10.6. The molecule has 1 fully saturated rings. The molecule has 30 heavy (non-hydrogen) atoms. The zero-order valence-electron chi connectivity index (χ0n) is 17.7. The highest BCUT2D eigenvalue weighted by Gasteiger charge is 2.26. The van der Waals surface area contributed by atoms with E-state index in [4.69, 9.17) is 25.8 Å². The fourth-order valence-electron chi connectivity index (χ4n) is 3.86. The Labute approximate surface area is 183 Å². The van der Waals surface area contributed by atoms with Crippen LogP contribution < -0.4 is 19.5 Å². The molecule has 1 aliphatic rings. The first kappa shape index (κ1) is 22.2. The van der Waals surface area contributed by atoms with E-state index in [0.717, 1.165) is 37.2 Å². The molecule has 1 heterocycles. The minimum atomic E-state index is -0.211. The first-order chi connectivity index (χ1) is 14.6. The van der Waals surface area contributed by atoms with Crippen molar-refractivity contribution < 1.29 is 19.0 Å². The molecule has 1 N–H and O–H groups in total. The van der Waals surface area contributed by atoms with Crippen molar-refractivity contribution >= 4 is 17.5 Å². The third-order valence-corrected chi connectivity index (χ3v) is 5.60. The zero-order valence-corrected chi connectivity index (χ0v) is 18.5. The Morgan fingerprint density at radius 2 is 1.83 bits per heavy atom. The Bertz CT molecular complexity index is 868. The number of ether oxygens (including phenoxy) is 3. The predicted molar refractivity (Wildman–Crippen MR) is 118 cm³/mol. The summed E-state index contributed by atoms with van der Waals surface area (Å²) in [5.74, 6) is 1.50. The smallest absolute Gasteiger partial charge is 0.251 e. The van der Waals surface area contributed by atoms with Crippen LogP contribution in [0, 0.1) is 0 Å². The predicted octanol–water partition coefficient (Wildman–Crippen LogP) is 4.32. The van der Waals surface area contributed by atoms with Crippen LogP contribution in [0.2, 0.25) is 5.02 Å².